The molecular formula is C19H17F4N3O2. The van der Waals surface area contributed by atoms with Gasteiger partial charge in [0.1, 0.15) is 17.3 Å². The average molecular weight is 395 g/mol. The molecule has 0 saturated heterocycles. The first-order chi connectivity index (χ1) is 13.1. The highest BCUT2D eigenvalue weighted by molar-refractivity contribution is 5.98. The van der Waals surface area contributed by atoms with Gasteiger partial charge >= 0.3 is 6.18 Å². The average Bonchev–Trinajstić information content (AvgIpc) is 2.95. The van der Waals surface area contributed by atoms with E-state index in [1.165, 1.54) is 30.5 Å². The lowest BCUT2D eigenvalue weighted by molar-refractivity contribution is -0.153. The van der Waals surface area contributed by atoms with Crippen molar-refractivity contribution in [3.63, 3.8) is 0 Å². The van der Waals surface area contributed by atoms with Crippen LogP contribution in [0.5, 0.6) is 5.75 Å². The third kappa shape index (κ3) is 4.41. The molecule has 0 aliphatic heterocycles. The Hall–Kier alpha value is -3.10. The largest absolute Gasteiger partial charge is 0.483 e. The lowest BCUT2D eigenvalue weighted by Gasteiger charge is -2.15. The first-order valence-corrected chi connectivity index (χ1v) is 8.35. The first kappa shape index (κ1) is 19.7. The predicted octanol–water partition coefficient (Wildman–Crippen LogP) is 4.14. The van der Waals surface area contributed by atoms with Gasteiger partial charge in [0.25, 0.3) is 5.91 Å². The summed E-state index contributed by atoms with van der Waals surface area (Å²) in [6, 6.07) is 8.17. The molecule has 0 bridgehead atoms. The number of carbonyl (C=O) groups is 1. The van der Waals surface area contributed by atoms with Crippen molar-refractivity contribution in [1.29, 1.82) is 0 Å². The molecule has 3 aromatic rings. The molecule has 2 aromatic heterocycles. The number of ether oxygens (including phenoxy) is 1. The van der Waals surface area contributed by atoms with Gasteiger partial charge in [-0.05, 0) is 43.3 Å². The highest BCUT2D eigenvalue weighted by Gasteiger charge is 2.28. The van der Waals surface area contributed by atoms with Crippen molar-refractivity contribution in [1.82, 2.24) is 14.9 Å². The van der Waals surface area contributed by atoms with Crippen LogP contribution in [-0.2, 0) is 7.05 Å². The van der Waals surface area contributed by atoms with Crippen LogP contribution in [0.1, 0.15) is 29.1 Å². The summed E-state index contributed by atoms with van der Waals surface area (Å²) in [5.41, 5.74) is 1.51. The Balaban J connectivity index is 1.70. The van der Waals surface area contributed by atoms with Gasteiger partial charge in [-0.25, -0.2) is 4.39 Å². The summed E-state index contributed by atoms with van der Waals surface area (Å²) in [6.07, 6.45) is -3.26. The van der Waals surface area contributed by atoms with E-state index in [-0.39, 0.29) is 11.7 Å². The lowest BCUT2D eigenvalue weighted by Crippen LogP contribution is -2.28. The van der Waals surface area contributed by atoms with Crippen LogP contribution in [0.15, 0.2) is 42.6 Å². The number of nitrogens with zero attached hydrogens (tertiary/aromatic N) is 2. The summed E-state index contributed by atoms with van der Waals surface area (Å²) < 4.78 is 56.1. The maximum absolute atomic E-state index is 13.4. The first-order valence-electron chi connectivity index (χ1n) is 8.35. The number of halogens is 4. The number of amides is 1. The number of carbonyl (C=O) groups excluding carboxylic acids is 1. The van der Waals surface area contributed by atoms with Crippen LogP contribution in [0.2, 0.25) is 0 Å². The SMILES string of the molecule is C[C@H](NC(=O)c1cc2cc(F)ccc2n1C)c1ccc(OCC(F)(F)F)cn1. The Morgan fingerprint density at radius 3 is 2.64 bits per heavy atom. The number of benzene rings is 1. The molecule has 28 heavy (non-hydrogen) atoms. The Morgan fingerprint density at radius 2 is 2.00 bits per heavy atom. The van der Waals surface area contributed by atoms with Crippen molar-refractivity contribution in [2.45, 2.75) is 19.1 Å². The van der Waals surface area contributed by atoms with E-state index in [2.05, 4.69) is 15.0 Å². The number of hydrogen-bond acceptors (Lipinski definition) is 3. The van der Waals surface area contributed by atoms with Crippen LogP contribution in [0.4, 0.5) is 17.6 Å². The predicted molar refractivity (Wildman–Crippen MR) is 94.5 cm³/mol. The molecule has 0 fully saturated rings. The van der Waals surface area contributed by atoms with Crippen LogP contribution >= 0.6 is 0 Å². The van der Waals surface area contributed by atoms with Crippen molar-refractivity contribution in [3.05, 3.63) is 59.8 Å². The van der Waals surface area contributed by atoms with Crippen molar-refractivity contribution in [2.24, 2.45) is 7.05 Å². The second-order valence-corrected chi connectivity index (χ2v) is 6.31. The topological polar surface area (TPSA) is 56.2 Å². The van der Waals surface area contributed by atoms with Gasteiger partial charge in [0, 0.05) is 18.0 Å². The molecular weight excluding hydrogens is 378 g/mol. The Bertz CT molecular complexity index is 997. The molecule has 5 nitrogen and oxygen atoms in total. The third-order valence-electron chi connectivity index (χ3n) is 4.19. The van der Waals surface area contributed by atoms with E-state index in [0.29, 0.717) is 22.3 Å². The van der Waals surface area contributed by atoms with Gasteiger partial charge in [0.15, 0.2) is 6.61 Å². The fraction of sp³-hybridized carbons (Fsp3) is 0.263. The minimum Gasteiger partial charge on any atom is -0.483 e. The van der Waals surface area contributed by atoms with E-state index in [0.717, 1.165) is 0 Å². The van der Waals surface area contributed by atoms with E-state index in [1.54, 1.807) is 30.7 Å². The number of alkyl halides is 3. The molecule has 9 heteroatoms. The molecule has 1 atom stereocenters. The van der Waals surface area contributed by atoms with Crippen molar-refractivity contribution < 1.29 is 27.1 Å². The minimum absolute atomic E-state index is 0.0182. The highest BCUT2D eigenvalue weighted by atomic mass is 19.4. The molecule has 0 spiro atoms. The summed E-state index contributed by atoms with van der Waals surface area (Å²) in [5.74, 6) is -0.795. The number of hydrogen-bond donors (Lipinski definition) is 1. The highest BCUT2D eigenvalue weighted by Crippen LogP contribution is 2.22. The normalized spacial score (nSPS) is 12.8. The fourth-order valence-electron chi connectivity index (χ4n) is 2.78. The van der Waals surface area contributed by atoms with Gasteiger partial charge in [0.05, 0.1) is 17.9 Å². The Morgan fingerprint density at radius 1 is 1.25 bits per heavy atom. The van der Waals surface area contributed by atoms with Crippen molar-refractivity contribution in [2.75, 3.05) is 6.61 Å². The monoisotopic (exact) mass is 395 g/mol. The molecule has 3 rings (SSSR count). The van der Waals surface area contributed by atoms with Gasteiger partial charge in [0.2, 0.25) is 0 Å². The fourth-order valence-corrected chi connectivity index (χ4v) is 2.78. The standard InChI is InChI=1S/C19H17F4N3O2/c1-11(15-5-4-14(9-24-15)28-10-19(21,22)23)25-18(27)17-8-12-7-13(20)3-6-16(12)26(17)2/h3-9,11H,10H2,1-2H3,(H,25,27)/t11-/m0/s1. The van der Waals surface area contributed by atoms with Crippen LogP contribution < -0.4 is 10.1 Å². The van der Waals surface area contributed by atoms with Crippen LogP contribution in [0, 0.1) is 5.82 Å². The quantitative estimate of drug-likeness (QED) is 0.661. The molecule has 1 amide bonds. The molecule has 2 heterocycles. The molecule has 1 aromatic carbocycles. The van der Waals surface area contributed by atoms with Gasteiger partial charge < -0.3 is 14.6 Å². The zero-order valence-electron chi connectivity index (χ0n) is 15.0. The minimum atomic E-state index is -4.43. The maximum Gasteiger partial charge on any atom is 0.422 e. The van der Waals surface area contributed by atoms with Gasteiger partial charge in [-0.3, -0.25) is 9.78 Å². The van der Waals surface area contributed by atoms with Crippen LogP contribution in [0.25, 0.3) is 10.9 Å². The van der Waals surface area contributed by atoms with E-state index >= 15 is 0 Å². The Labute approximate surface area is 157 Å². The van der Waals surface area contributed by atoms with E-state index in [9.17, 15) is 22.4 Å². The summed E-state index contributed by atoms with van der Waals surface area (Å²) in [6.45, 7) is 0.292. The maximum atomic E-state index is 13.4. The number of nitrogens with one attached hydrogen (secondary N) is 1. The van der Waals surface area contributed by atoms with Gasteiger partial charge in [-0.15, -0.1) is 0 Å². The number of fused-ring (bicyclic) bond motifs is 1. The number of aromatic nitrogens is 2. The van der Waals surface area contributed by atoms with Crippen molar-refractivity contribution >= 4 is 16.8 Å². The van der Waals surface area contributed by atoms with Crippen LogP contribution in [-0.4, -0.2) is 28.2 Å². The zero-order valence-corrected chi connectivity index (χ0v) is 15.0. The lowest BCUT2D eigenvalue weighted by atomic mass is 10.2. The van der Waals surface area contributed by atoms with Gasteiger partial charge in [-0.1, -0.05) is 0 Å². The van der Waals surface area contributed by atoms with E-state index in [1.807, 2.05) is 0 Å². The third-order valence-corrected chi connectivity index (χ3v) is 4.19. The van der Waals surface area contributed by atoms with Crippen molar-refractivity contribution in [3.8, 4) is 5.75 Å². The van der Waals surface area contributed by atoms with E-state index in [4.69, 9.17) is 0 Å². The number of aryl methyl sites for hydroxylation is 1. The second-order valence-electron chi connectivity index (χ2n) is 6.31. The molecule has 0 unspecified atom stereocenters. The van der Waals surface area contributed by atoms with Crippen LogP contribution in [0.3, 0.4) is 0 Å². The summed E-state index contributed by atoms with van der Waals surface area (Å²) >= 11 is 0. The zero-order chi connectivity index (χ0) is 20.5. The second kappa shape index (κ2) is 7.49. The van der Waals surface area contributed by atoms with E-state index < -0.39 is 24.6 Å². The Kier molecular flexibility index (Phi) is 5.26. The molecule has 0 aliphatic rings. The molecule has 0 aliphatic carbocycles. The summed E-state index contributed by atoms with van der Waals surface area (Å²) in [7, 11) is 1.70. The molecule has 0 radical (unpaired) electrons. The molecule has 0 saturated carbocycles. The smallest absolute Gasteiger partial charge is 0.422 e. The summed E-state index contributed by atoms with van der Waals surface area (Å²) in [4.78, 5) is 16.6. The molecule has 1 N–H and O–H groups in total. The number of rotatable bonds is 5. The number of pyridine rings is 1. The van der Waals surface area contributed by atoms with Gasteiger partial charge in [-0.2, -0.15) is 13.2 Å². The summed E-state index contributed by atoms with van der Waals surface area (Å²) in [5, 5.41) is 3.37. The molecule has 148 valence electrons.